The van der Waals surface area contributed by atoms with Crippen molar-refractivity contribution in [2.45, 2.75) is 45.4 Å². The first kappa shape index (κ1) is 21.0. The van der Waals surface area contributed by atoms with Crippen LogP contribution in [-0.4, -0.2) is 61.5 Å². The number of aromatic nitrogens is 2. The topological polar surface area (TPSA) is 65.6 Å². The molecule has 2 fully saturated rings. The van der Waals surface area contributed by atoms with Crippen LogP contribution in [0.2, 0.25) is 0 Å². The number of hydrogen-bond acceptors (Lipinski definition) is 6. The Morgan fingerprint density at radius 3 is 2.57 bits per heavy atom. The van der Waals surface area contributed by atoms with Gasteiger partial charge in [-0.25, -0.2) is 0 Å². The number of piperidine rings is 2. The summed E-state index contributed by atoms with van der Waals surface area (Å²) >= 11 is 5.43. The Hall–Kier alpha value is -1.67. The van der Waals surface area contributed by atoms with Crippen molar-refractivity contribution in [3.63, 3.8) is 0 Å². The number of ether oxygens (including phenoxy) is 1. The van der Waals surface area contributed by atoms with E-state index in [1.165, 1.54) is 32.1 Å². The standard InChI is InChI=1S/C20H34N6OS/c1-16-8-6-12-26(15-16)18-14-17(25-10-4-3-5-11-25)22-19(23-18)24-20(28)21-9-7-13-27-2/h14,16H,3-13,15H2,1-2H3,(H2,21,22,23,24,28). The van der Waals surface area contributed by atoms with Crippen LogP contribution in [0.5, 0.6) is 0 Å². The second-order valence-corrected chi connectivity index (χ2v) is 8.28. The molecule has 1 aromatic rings. The molecule has 0 aliphatic carbocycles. The molecule has 8 heteroatoms. The fourth-order valence-electron chi connectivity index (χ4n) is 3.89. The predicted molar refractivity (Wildman–Crippen MR) is 119 cm³/mol. The molecule has 156 valence electrons. The molecule has 0 spiro atoms. The first-order valence-corrected chi connectivity index (χ1v) is 11.0. The van der Waals surface area contributed by atoms with Gasteiger partial charge in [-0.05, 0) is 56.7 Å². The van der Waals surface area contributed by atoms with Crippen LogP contribution < -0.4 is 20.4 Å². The largest absolute Gasteiger partial charge is 0.385 e. The molecule has 2 saturated heterocycles. The fraction of sp³-hybridized carbons (Fsp3) is 0.750. The number of anilines is 3. The Morgan fingerprint density at radius 2 is 1.86 bits per heavy atom. The number of hydrogen-bond donors (Lipinski definition) is 2. The molecular formula is C20H34N6OS. The summed E-state index contributed by atoms with van der Waals surface area (Å²) in [5.74, 6) is 3.29. The summed E-state index contributed by atoms with van der Waals surface area (Å²) in [6.45, 7) is 8.03. The van der Waals surface area contributed by atoms with Crippen molar-refractivity contribution in [1.82, 2.24) is 15.3 Å². The molecule has 1 atom stereocenters. The smallest absolute Gasteiger partial charge is 0.232 e. The lowest BCUT2D eigenvalue weighted by atomic mass is 10.0. The van der Waals surface area contributed by atoms with E-state index in [1.807, 2.05) is 0 Å². The average Bonchev–Trinajstić information content (AvgIpc) is 2.72. The van der Waals surface area contributed by atoms with Crippen molar-refractivity contribution in [3.8, 4) is 0 Å². The maximum absolute atomic E-state index is 5.43. The van der Waals surface area contributed by atoms with E-state index >= 15 is 0 Å². The van der Waals surface area contributed by atoms with Crippen molar-refractivity contribution in [2.75, 3.05) is 61.6 Å². The van der Waals surface area contributed by atoms with E-state index in [0.717, 1.165) is 50.8 Å². The van der Waals surface area contributed by atoms with Crippen molar-refractivity contribution >= 4 is 34.9 Å². The number of methoxy groups -OCH3 is 1. The van der Waals surface area contributed by atoms with E-state index in [2.05, 4.69) is 33.4 Å². The average molecular weight is 407 g/mol. The summed E-state index contributed by atoms with van der Waals surface area (Å²) in [5.41, 5.74) is 0. The molecule has 0 bridgehead atoms. The molecule has 0 amide bonds. The zero-order valence-electron chi connectivity index (χ0n) is 17.2. The maximum atomic E-state index is 5.43. The summed E-state index contributed by atoms with van der Waals surface area (Å²) in [7, 11) is 1.71. The molecule has 2 aliphatic heterocycles. The lowest BCUT2D eigenvalue weighted by molar-refractivity contribution is 0.196. The second-order valence-electron chi connectivity index (χ2n) is 7.88. The van der Waals surface area contributed by atoms with Gasteiger partial charge in [-0.15, -0.1) is 0 Å². The Kier molecular flexibility index (Phi) is 8.09. The van der Waals surface area contributed by atoms with E-state index in [0.29, 0.717) is 23.6 Å². The molecule has 1 aromatic heterocycles. The highest BCUT2D eigenvalue weighted by Crippen LogP contribution is 2.27. The minimum atomic E-state index is 0.560. The van der Waals surface area contributed by atoms with Gasteiger partial charge < -0.3 is 25.2 Å². The van der Waals surface area contributed by atoms with Gasteiger partial charge in [0.15, 0.2) is 5.11 Å². The predicted octanol–water partition coefficient (Wildman–Crippen LogP) is 3.03. The highest BCUT2D eigenvalue weighted by atomic mass is 32.1. The van der Waals surface area contributed by atoms with Crippen molar-refractivity contribution in [1.29, 1.82) is 0 Å². The molecule has 2 aliphatic rings. The third kappa shape index (κ3) is 6.17. The van der Waals surface area contributed by atoms with Crippen molar-refractivity contribution in [2.24, 2.45) is 5.92 Å². The molecule has 3 heterocycles. The van der Waals surface area contributed by atoms with E-state index in [4.69, 9.17) is 26.9 Å². The summed E-state index contributed by atoms with van der Waals surface area (Å²) in [4.78, 5) is 14.3. The number of nitrogens with one attached hydrogen (secondary N) is 2. The third-order valence-corrected chi connectivity index (χ3v) is 5.64. The summed E-state index contributed by atoms with van der Waals surface area (Å²) in [6, 6.07) is 2.16. The normalized spacial score (nSPS) is 20.1. The van der Waals surface area contributed by atoms with Gasteiger partial charge in [0.2, 0.25) is 5.95 Å². The fourth-order valence-corrected chi connectivity index (χ4v) is 4.08. The van der Waals surface area contributed by atoms with E-state index < -0.39 is 0 Å². The van der Waals surface area contributed by atoms with Crippen LogP contribution in [-0.2, 0) is 4.74 Å². The van der Waals surface area contributed by atoms with Crippen LogP contribution in [0.1, 0.15) is 45.4 Å². The SMILES string of the molecule is COCCCNC(=S)Nc1nc(N2CCCCC2)cc(N2CCCC(C)C2)n1. The van der Waals surface area contributed by atoms with E-state index in [-0.39, 0.29) is 0 Å². The summed E-state index contributed by atoms with van der Waals surface area (Å²) < 4.78 is 5.08. The van der Waals surface area contributed by atoms with Gasteiger partial charge in [0.1, 0.15) is 11.6 Å². The summed E-state index contributed by atoms with van der Waals surface area (Å²) in [5, 5.41) is 6.96. The molecule has 1 unspecified atom stereocenters. The molecule has 0 saturated carbocycles. The number of thiocarbonyl (C=S) groups is 1. The summed E-state index contributed by atoms with van der Waals surface area (Å²) in [6.07, 6.45) is 7.17. The maximum Gasteiger partial charge on any atom is 0.232 e. The zero-order chi connectivity index (χ0) is 19.8. The van der Waals surface area contributed by atoms with Gasteiger partial charge in [-0.2, -0.15) is 9.97 Å². The Labute approximate surface area is 174 Å². The van der Waals surface area contributed by atoms with Gasteiger partial charge in [0, 0.05) is 52.5 Å². The second kappa shape index (κ2) is 10.8. The van der Waals surface area contributed by atoms with Crippen molar-refractivity contribution in [3.05, 3.63) is 6.07 Å². The molecule has 0 radical (unpaired) electrons. The van der Waals surface area contributed by atoms with Gasteiger partial charge in [0.25, 0.3) is 0 Å². The van der Waals surface area contributed by atoms with Crippen LogP contribution in [0.15, 0.2) is 6.07 Å². The highest BCUT2D eigenvalue weighted by molar-refractivity contribution is 7.80. The van der Waals surface area contributed by atoms with Gasteiger partial charge >= 0.3 is 0 Å². The lowest BCUT2D eigenvalue weighted by Gasteiger charge is -2.33. The Balaban J connectivity index is 1.73. The van der Waals surface area contributed by atoms with Crippen LogP contribution in [0.4, 0.5) is 17.6 Å². The number of nitrogens with zero attached hydrogens (tertiary/aromatic N) is 4. The Bertz CT molecular complexity index is 637. The molecular weight excluding hydrogens is 372 g/mol. The van der Waals surface area contributed by atoms with Crippen LogP contribution in [0.3, 0.4) is 0 Å². The monoisotopic (exact) mass is 406 g/mol. The van der Waals surface area contributed by atoms with E-state index in [9.17, 15) is 0 Å². The molecule has 3 rings (SSSR count). The zero-order valence-corrected chi connectivity index (χ0v) is 18.1. The van der Waals surface area contributed by atoms with Gasteiger partial charge in [-0.1, -0.05) is 6.92 Å². The molecule has 0 aromatic carbocycles. The van der Waals surface area contributed by atoms with Crippen LogP contribution >= 0.6 is 12.2 Å². The van der Waals surface area contributed by atoms with Crippen molar-refractivity contribution < 1.29 is 4.74 Å². The minimum Gasteiger partial charge on any atom is -0.385 e. The number of rotatable bonds is 7. The van der Waals surface area contributed by atoms with E-state index in [1.54, 1.807) is 7.11 Å². The molecule has 7 nitrogen and oxygen atoms in total. The lowest BCUT2D eigenvalue weighted by Crippen LogP contribution is -2.36. The quantitative estimate of drug-likeness (QED) is 0.529. The highest BCUT2D eigenvalue weighted by Gasteiger charge is 2.21. The van der Waals surface area contributed by atoms with Crippen LogP contribution in [0.25, 0.3) is 0 Å². The third-order valence-electron chi connectivity index (χ3n) is 5.40. The molecule has 2 N–H and O–H groups in total. The first-order valence-electron chi connectivity index (χ1n) is 10.6. The van der Waals surface area contributed by atoms with Gasteiger partial charge in [0.05, 0.1) is 0 Å². The minimum absolute atomic E-state index is 0.560. The first-order chi connectivity index (χ1) is 13.7. The Morgan fingerprint density at radius 1 is 1.14 bits per heavy atom. The van der Waals surface area contributed by atoms with Crippen LogP contribution in [0, 0.1) is 5.92 Å². The molecule has 28 heavy (non-hydrogen) atoms. The van der Waals surface area contributed by atoms with Gasteiger partial charge in [-0.3, -0.25) is 0 Å².